The molecule has 0 unspecified atom stereocenters. The highest BCUT2D eigenvalue weighted by Gasteiger charge is 2.05. The molecule has 2 aromatic rings. The van der Waals surface area contributed by atoms with Gasteiger partial charge in [0.05, 0.1) is 13.3 Å². The Morgan fingerprint density at radius 3 is 2.79 bits per heavy atom. The van der Waals surface area contributed by atoms with Crippen LogP contribution in [0.25, 0.3) is 5.69 Å². The highest BCUT2D eigenvalue weighted by atomic mass is 127. The minimum absolute atomic E-state index is 0.786. The summed E-state index contributed by atoms with van der Waals surface area (Å²) in [6.45, 7) is 0. The van der Waals surface area contributed by atoms with Gasteiger partial charge in [-0.1, -0.05) is 17.3 Å². The summed E-state index contributed by atoms with van der Waals surface area (Å²) >= 11 is 2.12. The third kappa shape index (κ3) is 1.72. The quantitative estimate of drug-likeness (QED) is 0.795. The van der Waals surface area contributed by atoms with E-state index in [2.05, 4.69) is 32.9 Å². The van der Waals surface area contributed by atoms with Gasteiger partial charge in [0.1, 0.15) is 15.1 Å². The third-order valence-electron chi connectivity index (χ3n) is 1.80. The first-order valence-electron chi connectivity index (χ1n) is 4.02. The third-order valence-corrected chi connectivity index (χ3v) is 2.29. The van der Waals surface area contributed by atoms with Gasteiger partial charge in [0.15, 0.2) is 0 Å². The number of nitrogens with zero attached hydrogens (tertiary/aromatic N) is 3. The smallest absolute Gasteiger partial charge is 0.144 e. The summed E-state index contributed by atoms with van der Waals surface area (Å²) in [4.78, 5) is 0. The van der Waals surface area contributed by atoms with E-state index in [1.54, 1.807) is 11.8 Å². The number of benzene rings is 1. The van der Waals surface area contributed by atoms with Crippen molar-refractivity contribution in [3.63, 3.8) is 0 Å². The minimum atomic E-state index is 0.786. The van der Waals surface area contributed by atoms with Crippen LogP contribution in [0.2, 0.25) is 0 Å². The van der Waals surface area contributed by atoms with Crippen LogP contribution in [0.3, 0.4) is 0 Å². The van der Waals surface area contributed by atoms with Crippen molar-refractivity contribution < 1.29 is 4.74 Å². The van der Waals surface area contributed by atoms with E-state index < -0.39 is 0 Å². The average Bonchev–Trinajstić information content (AvgIpc) is 2.65. The average molecular weight is 301 g/mol. The Kier molecular flexibility index (Phi) is 2.67. The Bertz CT molecular complexity index is 441. The molecule has 0 spiro atoms. The van der Waals surface area contributed by atoms with E-state index >= 15 is 0 Å². The molecule has 0 radical (unpaired) electrons. The largest absolute Gasteiger partial charge is 0.494 e. The van der Waals surface area contributed by atoms with Gasteiger partial charge in [-0.2, -0.15) is 0 Å². The van der Waals surface area contributed by atoms with Gasteiger partial charge in [0, 0.05) is 0 Å². The Balaban J connectivity index is 2.50. The van der Waals surface area contributed by atoms with E-state index in [-0.39, 0.29) is 0 Å². The molecule has 1 heterocycles. The second-order valence-corrected chi connectivity index (χ2v) is 3.76. The van der Waals surface area contributed by atoms with Gasteiger partial charge in [0.25, 0.3) is 0 Å². The first-order chi connectivity index (χ1) is 6.81. The maximum absolute atomic E-state index is 5.22. The van der Waals surface area contributed by atoms with Crippen molar-refractivity contribution in [2.75, 3.05) is 7.11 Å². The highest BCUT2D eigenvalue weighted by Crippen LogP contribution is 2.20. The predicted octanol–water partition coefficient (Wildman–Crippen LogP) is 1.88. The molecule has 0 saturated heterocycles. The van der Waals surface area contributed by atoms with Crippen LogP contribution in [0.15, 0.2) is 30.5 Å². The van der Waals surface area contributed by atoms with Crippen molar-refractivity contribution in [3.05, 3.63) is 34.2 Å². The Labute approximate surface area is 95.0 Å². The van der Waals surface area contributed by atoms with Gasteiger partial charge in [-0.25, -0.2) is 4.68 Å². The molecule has 0 bridgehead atoms. The van der Waals surface area contributed by atoms with Crippen molar-refractivity contribution in [2.24, 2.45) is 0 Å². The van der Waals surface area contributed by atoms with E-state index in [4.69, 9.17) is 4.74 Å². The molecule has 0 aliphatic rings. The molecule has 0 saturated carbocycles. The number of methoxy groups -OCH3 is 1. The second-order valence-electron chi connectivity index (χ2n) is 2.66. The van der Waals surface area contributed by atoms with Crippen molar-refractivity contribution >= 4 is 22.6 Å². The fraction of sp³-hybridized carbons (Fsp3) is 0.111. The van der Waals surface area contributed by atoms with Crippen LogP contribution in [0.4, 0.5) is 0 Å². The maximum Gasteiger partial charge on any atom is 0.144 e. The Hall–Kier alpha value is -1.11. The number of ether oxygens (including phenoxy) is 1. The summed E-state index contributed by atoms with van der Waals surface area (Å²) < 4.78 is 7.77. The fourth-order valence-electron chi connectivity index (χ4n) is 1.18. The monoisotopic (exact) mass is 301 g/mol. The highest BCUT2D eigenvalue weighted by molar-refractivity contribution is 14.1. The Morgan fingerprint density at radius 1 is 1.36 bits per heavy atom. The fourth-order valence-corrected chi connectivity index (χ4v) is 1.54. The molecule has 1 aromatic heterocycles. The summed E-state index contributed by atoms with van der Waals surface area (Å²) in [6.07, 6.45) is 1.85. The molecule has 14 heavy (non-hydrogen) atoms. The van der Waals surface area contributed by atoms with Crippen LogP contribution in [0.1, 0.15) is 0 Å². The molecule has 0 aliphatic carbocycles. The molecule has 0 amide bonds. The molecule has 5 heteroatoms. The van der Waals surface area contributed by atoms with Gasteiger partial charge in [-0.3, -0.25) is 0 Å². The number of para-hydroxylation sites is 2. The number of hydrogen-bond donors (Lipinski definition) is 0. The zero-order valence-electron chi connectivity index (χ0n) is 7.51. The molecule has 0 aliphatic heterocycles. The van der Waals surface area contributed by atoms with Gasteiger partial charge >= 0.3 is 0 Å². The molecule has 0 N–H and O–H groups in total. The zero-order valence-corrected chi connectivity index (χ0v) is 9.67. The van der Waals surface area contributed by atoms with Crippen LogP contribution in [-0.4, -0.2) is 22.1 Å². The lowest BCUT2D eigenvalue weighted by atomic mass is 10.3. The summed E-state index contributed by atoms with van der Waals surface area (Å²) in [5, 5.41) is 7.89. The van der Waals surface area contributed by atoms with E-state index in [0.29, 0.717) is 0 Å². The van der Waals surface area contributed by atoms with Crippen LogP contribution in [-0.2, 0) is 0 Å². The molecule has 72 valence electrons. The number of rotatable bonds is 2. The lowest BCUT2D eigenvalue weighted by molar-refractivity contribution is 0.411. The minimum Gasteiger partial charge on any atom is -0.494 e. The first-order valence-corrected chi connectivity index (χ1v) is 5.10. The van der Waals surface area contributed by atoms with Gasteiger partial charge in [-0.05, 0) is 34.7 Å². The lowest BCUT2D eigenvalue weighted by Gasteiger charge is -2.06. The Morgan fingerprint density at radius 2 is 2.14 bits per heavy atom. The summed E-state index contributed by atoms with van der Waals surface area (Å²) in [5.74, 6) is 0.786. The van der Waals surface area contributed by atoms with Crippen LogP contribution < -0.4 is 4.74 Å². The van der Waals surface area contributed by atoms with E-state index in [0.717, 1.165) is 15.1 Å². The van der Waals surface area contributed by atoms with Gasteiger partial charge in [-0.15, -0.1) is 5.10 Å². The SMILES string of the molecule is COc1ccccc1-n1cc(I)nn1. The molecule has 0 fully saturated rings. The molecule has 1 aromatic carbocycles. The molecular weight excluding hydrogens is 293 g/mol. The van der Waals surface area contributed by atoms with Gasteiger partial charge < -0.3 is 4.74 Å². The van der Waals surface area contributed by atoms with Crippen LogP contribution in [0, 0.1) is 3.70 Å². The zero-order chi connectivity index (χ0) is 9.97. The molecule has 4 nitrogen and oxygen atoms in total. The number of halogens is 1. The molecule has 2 rings (SSSR count). The standard InChI is InChI=1S/C9H8IN3O/c1-14-8-5-3-2-4-7(8)13-6-9(10)11-12-13/h2-6H,1H3. The van der Waals surface area contributed by atoms with E-state index in [1.807, 2.05) is 30.5 Å². The maximum atomic E-state index is 5.22. The molecular formula is C9H8IN3O. The van der Waals surface area contributed by atoms with Crippen molar-refractivity contribution in [1.29, 1.82) is 0 Å². The number of aromatic nitrogens is 3. The van der Waals surface area contributed by atoms with E-state index in [1.165, 1.54) is 0 Å². The van der Waals surface area contributed by atoms with Crippen molar-refractivity contribution in [3.8, 4) is 11.4 Å². The van der Waals surface area contributed by atoms with Crippen LogP contribution >= 0.6 is 22.6 Å². The second kappa shape index (κ2) is 3.95. The lowest BCUT2D eigenvalue weighted by Crippen LogP contribution is -1.98. The summed E-state index contributed by atoms with van der Waals surface area (Å²) in [6, 6.07) is 7.68. The van der Waals surface area contributed by atoms with Crippen molar-refractivity contribution in [1.82, 2.24) is 15.0 Å². The molecule has 0 atom stereocenters. The van der Waals surface area contributed by atoms with Crippen LogP contribution in [0.5, 0.6) is 5.75 Å². The normalized spacial score (nSPS) is 10.1. The van der Waals surface area contributed by atoms with Gasteiger partial charge in [0.2, 0.25) is 0 Å². The number of hydrogen-bond acceptors (Lipinski definition) is 3. The van der Waals surface area contributed by atoms with E-state index in [9.17, 15) is 0 Å². The summed E-state index contributed by atoms with van der Waals surface area (Å²) in [7, 11) is 1.64. The predicted molar refractivity (Wildman–Crippen MR) is 60.6 cm³/mol. The first kappa shape index (κ1) is 9.45. The van der Waals surface area contributed by atoms with Crippen molar-refractivity contribution in [2.45, 2.75) is 0 Å². The summed E-state index contributed by atoms with van der Waals surface area (Å²) in [5.41, 5.74) is 0.894. The topological polar surface area (TPSA) is 39.9 Å².